The van der Waals surface area contributed by atoms with Gasteiger partial charge in [0.25, 0.3) is 0 Å². The van der Waals surface area contributed by atoms with Gasteiger partial charge >= 0.3 is 0 Å². The molecule has 1 unspecified atom stereocenters. The van der Waals surface area contributed by atoms with E-state index in [1.165, 1.54) is 38.6 Å². The van der Waals surface area contributed by atoms with Gasteiger partial charge in [0, 0.05) is 6.04 Å². The molecular formula is C14H30N2. The van der Waals surface area contributed by atoms with E-state index >= 15 is 0 Å². The molecule has 1 aliphatic rings. The fraction of sp³-hybridized carbons (Fsp3) is 1.00. The van der Waals surface area contributed by atoms with Crippen molar-refractivity contribution in [3.8, 4) is 0 Å². The zero-order chi connectivity index (χ0) is 12.0. The van der Waals surface area contributed by atoms with Crippen molar-refractivity contribution in [2.75, 3.05) is 19.6 Å². The third-order valence-corrected chi connectivity index (χ3v) is 4.34. The normalized spacial score (nSPS) is 28.3. The van der Waals surface area contributed by atoms with Crippen LogP contribution in [-0.4, -0.2) is 30.6 Å². The molecular weight excluding hydrogens is 196 g/mol. The van der Waals surface area contributed by atoms with Crippen molar-refractivity contribution in [1.82, 2.24) is 4.90 Å². The van der Waals surface area contributed by atoms with Crippen LogP contribution in [0.15, 0.2) is 0 Å². The summed E-state index contributed by atoms with van der Waals surface area (Å²) in [5, 5.41) is 0. The number of hydrogen-bond acceptors (Lipinski definition) is 2. The first-order chi connectivity index (χ1) is 7.67. The molecule has 0 aliphatic heterocycles. The summed E-state index contributed by atoms with van der Waals surface area (Å²) in [5.74, 6) is 1.73. The summed E-state index contributed by atoms with van der Waals surface area (Å²) in [6.45, 7) is 10.3. The summed E-state index contributed by atoms with van der Waals surface area (Å²) in [6, 6.07) is 0.438. The van der Waals surface area contributed by atoms with Crippen LogP contribution in [0.25, 0.3) is 0 Å². The Morgan fingerprint density at radius 2 is 1.69 bits per heavy atom. The number of rotatable bonds is 6. The summed E-state index contributed by atoms with van der Waals surface area (Å²) in [7, 11) is 0. The van der Waals surface area contributed by atoms with Gasteiger partial charge in [0.05, 0.1) is 0 Å². The van der Waals surface area contributed by atoms with Crippen LogP contribution in [0.5, 0.6) is 0 Å². The summed E-state index contributed by atoms with van der Waals surface area (Å²) >= 11 is 0. The lowest BCUT2D eigenvalue weighted by Gasteiger charge is -2.31. The largest absolute Gasteiger partial charge is 0.327 e. The van der Waals surface area contributed by atoms with Crippen LogP contribution in [-0.2, 0) is 0 Å². The van der Waals surface area contributed by atoms with E-state index in [0.717, 1.165) is 24.9 Å². The highest BCUT2D eigenvalue weighted by Crippen LogP contribution is 2.30. The van der Waals surface area contributed by atoms with E-state index in [4.69, 9.17) is 5.73 Å². The maximum absolute atomic E-state index is 6.32. The molecule has 1 aliphatic carbocycles. The first-order valence-electron chi connectivity index (χ1n) is 7.15. The molecule has 16 heavy (non-hydrogen) atoms. The topological polar surface area (TPSA) is 29.3 Å². The zero-order valence-corrected chi connectivity index (χ0v) is 11.4. The number of nitrogens with two attached hydrogens (primary N) is 1. The van der Waals surface area contributed by atoms with Gasteiger partial charge in [-0.1, -0.05) is 33.6 Å². The molecule has 0 amide bonds. The first kappa shape index (κ1) is 14.0. The van der Waals surface area contributed by atoms with Gasteiger partial charge < -0.3 is 10.6 Å². The van der Waals surface area contributed by atoms with E-state index in [9.17, 15) is 0 Å². The molecule has 0 aromatic heterocycles. The van der Waals surface area contributed by atoms with Crippen LogP contribution in [0.1, 0.15) is 52.9 Å². The summed E-state index contributed by atoms with van der Waals surface area (Å²) in [6.07, 6.45) is 6.69. The minimum atomic E-state index is 0.438. The van der Waals surface area contributed by atoms with E-state index in [0.29, 0.717) is 6.04 Å². The quantitative estimate of drug-likeness (QED) is 0.754. The fourth-order valence-corrected chi connectivity index (χ4v) is 2.82. The molecule has 0 spiro atoms. The Balaban J connectivity index is 2.21. The molecule has 2 N–H and O–H groups in total. The molecule has 1 rings (SSSR count). The Morgan fingerprint density at radius 1 is 1.12 bits per heavy atom. The van der Waals surface area contributed by atoms with Crippen LogP contribution in [0.2, 0.25) is 0 Å². The van der Waals surface area contributed by atoms with Crippen molar-refractivity contribution in [2.45, 2.75) is 58.9 Å². The van der Waals surface area contributed by atoms with Gasteiger partial charge in [0.1, 0.15) is 0 Å². The SMILES string of the molecule is CCN(CC)CCC(N)C1CCC(C)CC1. The molecule has 0 bridgehead atoms. The lowest BCUT2D eigenvalue weighted by atomic mass is 9.78. The van der Waals surface area contributed by atoms with E-state index < -0.39 is 0 Å². The van der Waals surface area contributed by atoms with Gasteiger partial charge in [-0.15, -0.1) is 0 Å². The maximum Gasteiger partial charge on any atom is 0.00793 e. The van der Waals surface area contributed by atoms with Crippen LogP contribution >= 0.6 is 0 Å². The molecule has 0 heterocycles. The number of hydrogen-bond donors (Lipinski definition) is 1. The van der Waals surface area contributed by atoms with Crippen LogP contribution in [0, 0.1) is 11.8 Å². The Hall–Kier alpha value is -0.0800. The van der Waals surface area contributed by atoms with Gasteiger partial charge in [-0.25, -0.2) is 0 Å². The lowest BCUT2D eigenvalue weighted by Crippen LogP contribution is -2.36. The highest BCUT2D eigenvalue weighted by molar-refractivity contribution is 4.79. The standard InChI is InChI=1S/C14H30N2/c1-4-16(5-2)11-10-14(15)13-8-6-12(3)7-9-13/h12-14H,4-11,15H2,1-3H3. The Bertz CT molecular complexity index is 170. The second-order valence-corrected chi connectivity index (χ2v) is 5.50. The number of nitrogens with zero attached hydrogens (tertiary/aromatic N) is 1. The highest BCUT2D eigenvalue weighted by Gasteiger charge is 2.23. The maximum atomic E-state index is 6.32. The highest BCUT2D eigenvalue weighted by atomic mass is 15.1. The third-order valence-electron chi connectivity index (χ3n) is 4.34. The lowest BCUT2D eigenvalue weighted by molar-refractivity contribution is 0.223. The molecule has 2 heteroatoms. The Kier molecular flexibility index (Phi) is 6.37. The molecule has 1 fully saturated rings. The fourth-order valence-electron chi connectivity index (χ4n) is 2.82. The van der Waals surface area contributed by atoms with E-state index in [2.05, 4.69) is 25.7 Å². The molecule has 0 radical (unpaired) electrons. The predicted molar refractivity (Wildman–Crippen MR) is 71.5 cm³/mol. The van der Waals surface area contributed by atoms with Gasteiger partial charge in [0.2, 0.25) is 0 Å². The monoisotopic (exact) mass is 226 g/mol. The average Bonchev–Trinajstić information content (AvgIpc) is 2.31. The molecule has 0 aromatic carbocycles. The van der Waals surface area contributed by atoms with E-state index in [1.54, 1.807) is 0 Å². The van der Waals surface area contributed by atoms with E-state index in [1.807, 2.05) is 0 Å². The summed E-state index contributed by atoms with van der Waals surface area (Å²) in [4.78, 5) is 2.48. The van der Waals surface area contributed by atoms with Crippen LogP contribution < -0.4 is 5.73 Å². The summed E-state index contributed by atoms with van der Waals surface area (Å²) in [5.41, 5.74) is 6.32. The Morgan fingerprint density at radius 3 is 2.19 bits per heavy atom. The van der Waals surface area contributed by atoms with E-state index in [-0.39, 0.29) is 0 Å². The Labute approximate surface area is 102 Å². The van der Waals surface area contributed by atoms with Crippen molar-refractivity contribution < 1.29 is 0 Å². The smallest absolute Gasteiger partial charge is 0.00793 e. The van der Waals surface area contributed by atoms with Crippen molar-refractivity contribution >= 4 is 0 Å². The van der Waals surface area contributed by atoms with Gasteiger partial charge in [-0.05, 0) is 50.7 Å². The average molecular weight is 226 g/mol. The molecule has 2 nitrogen and oxygen atoms in total. The zero-order valence-electron chi connectivity index (χ0n) is 11.4. The molecule has 0 saturated heterocycles. The molecule has 96 valence electrons. The minimum absolute atomic E-state index is 0.438. The van der Waals surface area contributed by atoms with Crippen molar-refractivity contribution in [3.05, 3.63) is 0 Å². The second-order valence-electron chi connectivity index (χ2n) is 5.50. The van der Waals surface area contributed by atoms with Crippen LogP contribution in [0.4, 0.5) is 0 Å². The molecule has 1 saturated carbocycles. The van der Waals surface area contributed by atoms with Crippen LogP contribution in [0.3, 0.4) is 0 Å². The second kappa shape index (κ2) is 7.29. The summed E-state index contributed by atoms with van der Waals surface area (Å²) < 4.78 is 0. The van der Waals surface area contributed by atoms with Gasteiger partial charge in [-0.3, -0.25) is 0 Å². The van der Waals surface area contributed by atoms with Gasteiger partial charge in [0.15, 0.2) is 0 Å². The molecule has 1 atom stereocenters. The predicted octanol–water partition coefficient (Wildman–Crippen LogP) is 2.87. The first-order valence-corrected chi connectivity index (χ1v) is 7.15. The van der Waals surface area contributed by atoms with Crippen molar-refractivity contribution in [1.29, 1.82) is 0 Å². The van der Waals surface area contributed by atoms with Crippen molar-refractivity contribution in [2.24, 2.45) is 17.6 Å². The minimum Gasteiger partial charge on any atom is -0.327 e. The molecule has 0 aromatic rings. The van der Waals surface area contributed by atoms with Crippen molar-refractivity contribution in [3.63, 3.8) is 0 Å². The van der Waals surface area contributed by atoms with Gasteiger partial charge in [-0.2, -0.15) is 0 Å². The third kappa shape index (κ3) is 4.42.